The summed E-state index contributed by atoms with van der Waals surface area (Å²) in [5.74, 6) is -1.08. The monoisotopic (exact) mass is 405 g/mol. The number of aryl methyl sites for hydroxylation is 2. The van der Waals surface area contributed by atoms with Crippen LogP contribution in [0.5, 0.6) is 5.75 Å². The predicted octanol–water partition coefficient (Wildman–Crippen LogP) is 4.47. The molecule has 5 nitrogen and oxygen atoms in total. The maximum atomic E-state index is 14.7. The van der Waals surface area contributed by atoms with Crippen LogP contribution in [0.4, 0.5) is 4.39 Å². The number of benzene rings is 1. The zero-order chi connectivity index (χ0) is 19.7. The lowest BCUT2D eigenvalue weighted by Crippen LogP contribution is -2.23. The fourth-order valence-electron chi connectivity index (χ4n) is 2.67. The van der Waals surface area contributed by atoms with Gasteiger partial charge in [0.05, 0.1) is 5.56 Å². The molecular formula is C19H14Cl2FN3O2. The van der Waals surface area contributed by atoms with Gasteiger partial charge in [-0.15, -0.1) is 0 Å². The van der Waals surface area contributed by atoms with Gasteiger partial charge in [0.2, 0.25) is 0 Å². The number of halogens is 3. The van der Waals surface area contributed by atoms with E-state index in [1.54, 1.807) is 24.3 Å². The van der Waals surface area contributed by atoms with Gasteiger partial charge in [-0.25, -0.2) is 14.1 Å². The number of hydrogen-bond acceptors (Lipinski definition) is 4. The topological polar surface area (TPSA) is 68.0 Å². The van der Waals surface area contributed by atoms with Crippen molar-refractivity contribution in [2.45, 2.75) is 6.92 Å². The van der Waals surface area contributed by atoms with E-state index in [1.807, 2.05) is 0 Å². The van der Waals surface area contributed by atoms with E-state index < -0.39 is 11.4 Å². The molecule has 0 amide bonds. The Bertz CT molecular complexity index is 1130. The van der Waals surface area contributed by atoms with Gasteiger partial charge < -0.3 is 5.11 Å². The third kappa shape index (κ3) is 3.72. The van der Waals surface area contributed by atoms with Crippen LogP contribution in [-0.2, 0) is 7.05 Å². The quantitative estimate of drug-likeness (QED) is 0.652. The zero-order valence-electron chi connectivity index (χ0n) is 14.4. The predicted molar refractivity (Wildman–Crippen MR) is 104 cm³/mol. The summed E-state index contributed by atoms with van der Waals surface area (Å²) in [5, 5.41) is 14.8. The Balaban J connectivity index is 2.27. The van der Waals surface area contributed by atoms with E-state index in [0.717, 1.165) is 10.7 Å². The van der Waals surface area contributed by atoms with E-state index in [4.69, 9.17) is 23.2 Å². The molecule has 138 valence electrons. The summed E-state index contributed by atoms with van der Waals surface area (Å²) in [6.45, 7) is 1.52. The van der Waals surface area contributed by atoms with E-state index in [-0.39, 0.29) is 33.2 Å². The summed E-state index contributed by atoms with van der Waals surface area (Å²) in [5.41, 5.74) is 0.231. The second kappa shape index (κ2) is 7.50. The van der Waals surface area contributed by atoms with Gasteiger partial charge in [-0.05, 0) is 36.8 Å². The van der Waals surface area contributed by atoms with Crippen molar-refractivity contribution in [3.63, 3.8) is 0 Å². The van der Waals surface area contributed by atoms with Gasteiger partial charge in [-0.2, -0.15) is 5.10 Å². The van der Waals surface area contributed by atoms with Crippen molar-refractivity contribution in [2.24, 2.45) is 7.05 Å². The largest absolute Gasteiger partial charge is 0.505 e. The Kier molecular flexibility index (Phi) is 5.30. The van der Waals surface area contributed by atoms with Crippen molar-refractivity contribution in [3.8, 4) is 16.9 Å². The van der Waals surface area contributed by atoms with E-state index in [2.05, 4.69) is 10.1 Å². The van der Waals surface area contributed by atoms with E-state index in [9.17, 15) is 14.3 Å². The van der Waals surface area contributed by atoms with Gasteiger partial charge >= 0.3 is 0 Å². The summed E-state index contributed by atoms with van der Waals surface area (Å²) in [7, 11) is 1.43. The van der Waals surface area contributed by atoms with Crippen molar-refractivity contribution >= 4 is 35.4 Å². The highest BCUT2D eigenvalue weighted by Gasteiger charge is 2.22. The molecule has 3 rings (SSSR count). The lowest BCUT2D eigenvalue weighted by atomic mass is 9.98. The van der Waals surface area contributed by atoms with Crippen molar-refractivity contribution in [2.75, 3.05) is 0 Å². The maximum absolute atomic E-state index is 14.7. The molecule has 0 radical (unpaired) electrons. The first-order valence-corrected chi connectivity index (χ1v) is 8.60. The van der Waals surface area contributed by atoms with Crippen molar-refractivity contribution in [1.82, 2.24) is 14.8 Å². The first-order chi connectivity index (χ1) is 12.8. The lowest BCUT2D eigenvalue weighted by molar-refractivity contribution is 0.460. The lowest BCUT2D eigenvalue weighted by Gasteiger charge is -2.13. The molecule has 0 saturated heterocycles. The molecule has 1 aromatic carbocycles. The summed E-state index contributed by atoms with van der Waals surface area (Å²) in [6, 6.07) is 5.86. The fourth-order valence-corrected chi connectivity index (χ4v) is 3.08. The van der Waals surface area contributed by atoms with Crippen molar-refractivity contribution in [1.29, 1.82) is 0 Å². The molecule has 3 aromatic rings. The molecule has 0 aliphatic heterocycles. The normalized spacial score (nSPS) is 11.3. The van der Waals surface area contributed by atoms with Gasteiger partial charge in [0.25, 0.3) is 5.56 Å². The molecule has 0 fully saturated rings. The number of pyridine rings is 1. The number of hydrogen-bond donors (Lipinski definition) is 1. The molecule has 0 unspecified atom stereocenters. The minimum atomic E-state index is -0.690. The van der Waals surface area contributed by atoms with Gasteiger partial charge in [-0.1, -0.05) is 35.4 Å². The van der Waals surface area contributed by atoms with E-state index in [0.29, 0.717) is 10.7 Å². The molecule has 0 saturated carbocycles. The fraction of sp³-hybridized carbons (Fsp3) is 0.105. The van der Waals surface area contributed by atoms with Crippen LogP contribution in [0.1, 0.15) is 16.8 Å². The van der Waals surface area contributed by atoms with Crippen LogP contribution in [0.25, 0.3) is 23.3 Å². The van der Waals surface area contributed by atoms with Crippen LogP contribution in [-0.4, -0.2) is 19.9 Å². The molecule has 0 aliphatic carbocycles. The first kappa shape index (κ1) is 19.1. The molecule has 2 aromatic heterocycles. The molecular weight excluding hydrogens is 392 g/mol. The average Bonchev–Trinajstić information content (AvgIpc) is 2.62. The van der Waals surface area contributed by atoms with Gasteiger partial charge in [-0.3, -0.25) is 4.79 Å². The van der Waals surface area contributed by atoms with Crippen LogP contribution >= 0.6 is 23.2 Å². The zero-order valence-corrected chi connectivity index (χ0v) is 15.9. The van der Waals surface area contributed by atoms with Crippen molar-refractivity contribution in [3.05, 3.63) is 73.6 Å². The van der Waals surface area contributed by atoms with Crippen LogP contribution in [0.15, 0.2) is 35.3 Å². The number of aromatic nitrogens is 3. The minimum Gasteiger partial charge on any atom is -0.505 e. The molecule has 0 aliphatic rings. The second-order valence-corrected chi connectivity index (χ2v) is 6.60. The molecule has 0 bridgehead atoms. The molecule has 0 atom stereocenters. The number of aromatic hydroxyl groups is 1. The highest BCUT2D eigenvalue weighted by molar-refractivity contribution is 6.32. The van der Waals surface area contributed by atoms with Gasteiger partial charge in [0.1, 0.15) is 16.7 Å². The Labute approximate surface area is 164 Å². The summed E-state index contributed by atoms with van der Waals surface area (Å²) >= 11 is 12.1. The standard InChI is InChI=1S/C19H14Cl2FN3O2/c1-10-18(26)17(19(27)25(2)24-10)16-12(13(20)5-6-14(16)22)4-3-11-7-8-23-15(21)9-11/h3-9,26H,1-2H3/b4-3+. The smallest absolute Gasteiger partial charge is 0.278 e. The first-order valence-electron chi connectivity index (χ1n) is 7.84. The highest BCUT2D eigenvalue weighted by atomic mass is 35.5. The Morgan fingerprint density at radius 3 is 2.63 bits per heavy atom. The SMILES string of the molecule is Cc1nn(C)c(=O)c(-c2c(F)ccc(Cl)c2/C=C/c2ccnc(Cl)c2)c1O. The molecule has 27 heavy (non-hydrogen) atoms. The van der Waals surface area contributed by atoms with Crippen LogP contribution in [0.3, 0.4) is 0 Å². The van der Waals surface area contributed by atoms with Crippen molar-refractivity contribution < 1.29 is 9.50 Å². The molecule has 1 N–H and O–H groups in total. The summed E-state index contributed by atoms with van der Waals surface area (Å²) < 4.78 is 15.8. The minimum absolute atomic E-state index is 0.0949. The van der Waals surface area contributed by atoms with Crippen LogP contribution < -0.4 is 5.56 Å². The Morgan fingerprint density at radius 2 is 1.93 bits per heavy atom. The van der Waals surface area contributed by atoms with E-state index >= 15 is 0 Å². The third-order valence-corrected chi connectivity index (χ3v) is 4.51. The Hall–Kier alpha value is -2.70. The van der Waals surface area contributed by atoms with Crippen LogP contribution in [0.2, 0.25) is 10.2 Å². The molecule has 2 heterocycles. The highest BCUT2D eigenvalue weighted by Crippen LogP contribution is 2.36. The second-order valence-electron chi connectivity index (χ2n) is 5.80. The summed E-state index contributed by atoms with van der Waals surface area (Å²) in [6.07, 6.45) is 4.75. The average molecular weight is 406 g/mol. The van der Waals surface area contributed by atoms with E-state index in [1.165, 1.54) is 26.2 Å². The summed E-state index contributed by atoms with van der Waals surface area (Å²) in [4.78, 5) is 16.5. The third-order valence-electron chi connectivity index (χ3n) is 3.97. The van der Waals surface area contributed by atoms with Gasteiger partial charge in [0.15, 0.2) is 5.75 Å². The Morgan fingerprint density at radius 1 is 1.19 bits per heavy atom. The molecule has 0 spiro atoms. The number of nitrogens with zero attached hydrogens (tertiary/aromatic N) is 3. The molecule has 8 heteroatoms. The van der Waals surface area contributed by atoms with Crippen LogP contribution in [0, 0.1) is 12.7 Å². The maximum Gasteiger partial charge on any atom is 0.278 e. The number of rotatable bonds is 3. The van der Waals surface area contributed by atoms with Gasteiger partial charge in [0, 0.05) is 29.4 Å².